The van der Waals surface area contributed by atoms with Gasteiger partial charge in [-0.2, -0.15) is 0 Å². The fraction of sp³-hybridized carbons (Fsp3) is 0.371. The molecular weight excluding hydrogens is 589 g/mol. The Bertz CT molecular complexity index is 1610. The Morgan fingerprint density at radius 3 is 2.60 bits per heavy atom. The summed E-state index contributed by atoms with van der Waals surface area (Å²) in [5.74, 6) is -0.500. The van der Waals surface area contributed by atoms with Crippen molar-refractivity contribution in [2.24, 2.45) is 0 Å². The molecule has 1 saturated heterocycles. The number of halogens is 1. The number of hydrogen-bond donors (Lipinski definition) is 3. The molecule has 2 aromatic heterocycles. The summed E-state index contributed by atoms with van der Waals surface area (Å²) in [6.45, 7) is 6.13. The highest BCUT2D eigenvalue weighted by Crippen LogP contribution is 2.35. The predicted octanol–water partition coefficient (Wildman–Crippen LogP) is 5.52. The van der Waals surface area contributed by atoms with Crippen molar-refractivity contribution < 1.29 is 19.1 Å². The zero-order chi connectivity index (χ0) is 32.0. The van der Waals surface area contributed by atoms with Crippen molar-refractivity contribution in [2.75, 3.05) is 13.1 Å². The van der Waals surface area contributed by atoms with Crippen LogP contribution in [-0.2, 0) is 18.6 Å². The molecule has 2 amide bonds. The Morgan fingerprint density at radius 2 is 1.87 bits per heavy atom. The van der Waals surface area contributed by atoms with Crippen molar-refractivity contribution in [3.05, 3.63) is 117 Å². The number of aryl methyl sites for hydroxylation is 1. The van der Waals surface area contributed by atoms with Gasteiger partial charge in [0, 0.05) is 59.8 Å². The maximum absolute atomic E-state index is 14.4. The Hall–Kier alpha value is -3.99. The summed E-state index contributed by atoms with van der Waals surface area (Å²) in [5.41, 5.74) is 2.46. The number of alkyl halides is 1. The molecule has 0 radical (unpaired) electrons. The summed E-state index contributed by atoms with van der Waals surface area (Å²) >= 11 is 1.57. The van der Waals surface area contributed by atoms with Gasteiger partial charge in [-0.1, -0.05) is 36.4 Å². The van der Waals surface area contributed by atoms with Crippen LogP contribution < -0.4 is 10.6 Å². The lowest BCUT2D eigenvalue weighted by Gasteiger charge is -2.25. The van der Waals surface area contributed by atoms with Gasteiger partial charge in [0.05, 0.1) is 18.2 Å². The van der Waals surface area contributed by atoms with E-state index < -0.39 is 17.8 Å². The number of amides is 2. The minimum absolute atomic E-state index is 0.0618. The smallest absolute Gasteiger partial charge is 0.254 e. The van der Waals surface area contributed by atoms with Crippen molar-refractivity contribution in [2.45, 2.75) is 70.4 Å². The van der Waals surface area contributed by atoms with E-state index in [9.17, 15) is 19.1 Å². The molecular formula is C35H40FN5O3S. The van der Waals surface area contributed by atoms with E-state index in [1.807, 2.05) is 47.5 Å². The number of aromatic nitrogens is 2. The van der Waals surface area contributed by atoms with Crippen LogP contribution >= 0.6 is 11.3 Å². The molecule has 8 nitrogen and oxygen atoms in total. The maximum atomic E-state index is 14.4. The molecule has 3 heterocycles. The van der Waals surface area contributed by atoms with Crippen LogP contribution in [0.3, 0.4) is 0 Å². The fourth-order valence-electron chi connectivity index (χ4n) is 5.57. The van der Waals surface area contributed by atoms with Crippen LogP contribution in [0.4, 0.5) is 4.39 Å². The fourth-order valence-corrected chi connectivity index (χ4v) is 6.51. The summed E-state index contributed by atoms with van der Waals surface area (Å²) in [5, 5.41) is 20.4. The van der Waals surface area contributed by atoms with E-state index in [-0.39, 0.29) is 24.4 Å². The average molecular weight is 630 g/mol. The first-order chi connectivity index (χ1) is 21.6. The first kappa shape index (κ1) is 32.4. The highest BCUT2D eigenvalue weighted by molar-refractivity contribution is 7.09. The topological polar surface area (TPSA) is 107 Å². The number of nitrogens with one attached hydrogen (secondary N) is 2. The molecule has 0 aliphatic carbocycles. The van der Waals surface area contributed by atoms with E-state index in [1.165, 1.54) is 20.0 Å². The first-order valence-electron chi connectivity index (χ1n) is 15.3. The second kappa shape index (κ2) is 14.4. The number of likely N-dealkylation sites (tertiary alicyclic amines) is 1. The molecule has 3 atom stereocenters. The average Bonchev–Trinajstić information content (AvgIpc) is 3.70. The summed E-state index contributed by atoms with van der Waals surface area (Å²) in [7, 11) is 0. The number of thiazole rings is 1. The van der Waals surface area contributed by atoms with Crippen molar-refractivity contribution in [1.82, 2.24) is 25.5 Å². The molecule has 1 fully saturated rings. The minimum Gasteiger partial charge on any atom is -0.390 e. The van der Waals surface area contributed by atoms with Crippen molar-refractivity contribution in [3.63, 3.8) is 0 Å². The number of benzene rings is 2. The van der Waals surface area contributed by atoms with E-state index in [2.05, 4.69) is 20.6 Å². The van der Waals surface area contributed by atoms with E-state index in [0.717, 1.165) is 34.7 Å². The lowest BCUT2D eigenvalue weighted by atomic mass is 9.99. The lowest BCUT2D eigenvalue weighted by Crippen LogP contribution is -2.48. The summed E-state index contributed by atoms with van der Waals surface area (Å²) < 4.78 is 14.4. The Morgan fingerprint density at radius 1 is 1.09 bits per heavy atom. The van der Waals surface area contributed by atoms with Gasteiger partial charge in [0.2, 0.25) is 0 Å². The van der Waals surface area contributed by atoms with Gasteiger partial charge in [0.15, 0.2) is 0 Å². The SMILES string of the molecule is Cc1csc(C2CCCN2C(=O)c2cccc(C(=O)NC(Cc3ccccc3)C(O)CNCc3cncc(C(C)(C)F)c3)c2)n1. The van der Waals surface area contributed by atoms with Crippen LogP contribution in [0.1, 0.15) is 80.8 Å². The molecule has 1 aliphatic rings. The molecule has 0 saturated carbocycles. The Labute approximate surface area is 267 Å². The van der Waals surface area contributed by atoms with Gasteiger partial charge in [-0.3, -0.25) is 14.6 Å². The molecule has 2 aromatic carbocycles. The molecule has 45 heavy (non-hydrogen) atoms. The van der Waals surface area contributed by atoms with Crippen LogP contribution in [0.5, 0.6) is 0 Å². The predicted molar refractivity (Wildman–Crippen MR) is 174 cm³/mol. The highest BCUT2D eigenvalue weighted by atomic mass is 32.1. The normalized spacial score (nSPS) is 16.4. The van der Waals surface area contributed by atoms with Crippen LogP contribution in [0.15, 0.2) is 78.4 Å². The van der Waals surface area contributed by atoms with E-state index in [4.69, 9.17) is 0 Å². The molecule has 5 rings (SSSR count). The number of carbonyl (C=O) groups excluding carboxylic acids is 2. The van der Waals surface area contributed by atoms with Gasteiger partial charge in [0.1, 0.15) is 10.7 Å². The van der Waals surface area contributed by atoms with Crippen molar-refractivity contribution in [1.29, 1.82) is 0 Å². The van der Waals surface area contributed by atoms with Gasteiger partial charge < -0.3 is 20.6 Å². The Kier molecular flexibility index (Phi) is 10.4. The third kappa shape index (κ3) is 8.39. The number of aliphatic hydroxyl groups is 1. The van der Waals surface area contributed by atoms with Crippen molar-refractivity contribution in [3.8, 4) is 0 Å². The second-order valence-electron chi connectivity index (χ2n) is 12.1. The largest absolute Gasteiger partial charge is 0.390 e. The molecule has 3 N–H and O–H groups in total. The number of rotatable bonds is 12. The van der Waals surface area contributed by atoms with Gasteiger partial charge >= 0.3 is 0 Å². The molecule has 236 valence electrons. The third-order valence-corrected chi connectivity index (χ3v) is 9.11. The van der Waals surface area contributed by atoms with E-state index >= 15 is 0 Å². The number of aliphatic hydroxyl groups excluding tert-OH is 1. The molecule has 4 aromatic rings. The molecule has 0 spiro atoms. The minimum atomic E-state index is -1.51. The number of carbonyl (C=O) groups is 2. The molecule has 0 bridgehead atoms. The second-order valence-corrected chi connectivity index (χ2v) is 13.0. The van der Waals surface area contributed by atoms with Gasteiger partial charge in [-0.05, 0) is 75.4 Å². The van der Waals surface area contributed by atoms with E-state index in [0.29, 0.717) is 36.2 Å². The van der Waals surface area contributed by atoms with Gasteiger partial charge in [0.25, 0.3) is 11.8 Å². The summed E-state index contributed by atoms with van der Waals surface area (Å²) in [4.78, 5) is 37.7. The van der Waals surface area contributed by atoms with Crippen LogP contribution in [0, 0.1) is 6.92 Å². The first-order valence-corrected chi connectivity index (χ1v) is 16.2. The van der Waals surface area contributed by atoms with E-state index in [1.54, 1.807) is 47.9 Å². The standard InChI is InChI=1S/C35H40FN5O3S/c1-23-22-45-33(39-23)30-13-8-14-41(30)34(44)27-12-7-11-26(17-27)32(43)40-29(16-24-9-5-4-6-10-24)31(42)21-38-19-25-15-28(20-37-18-25)35(2,3)36/h4-7,9-12,15,17-18,20,22,29-31,38,42H,8,13-14,16,19,21H2,1-3H3,(H,40,43). The zero-order valence-electron chi connectivity index (χ0n) is 25.9. The van der Waals surface area contributed by atoms with Crippen molar-refractivity contribution >= 4 is 23.2 Å². The Balaban J connectivity index is 1.26. The van der Waals surface area contributed by atoms with Crippen LogP contribution in [0.25, 0.3) is 0 Å². The molecule has 3 unspecified atom stereocenters. The number of pyridine rings is 1. The summed E-state index contributed by atoms with van der Waals surface area (Å²) in [6.07, 6.45) is 4.41. The molecule has 10 heteroatoms. The highest BCUT2D eigenvalue weighted by Gasteiger charge is 2.33. The maximum Gasteiger partial charge on any atom is 0.254 e. The quantitative estimate of drug-likeness (QED) is 0.191. The zero-order valence-corrected chi connectivity index (χ0v) is 26.7. The van der Waals surface area contributed by atoms with Gasteiger partial charge in [-0.15, -0.1) is 11.3 Å². The summed E-state index contributed by atoms with van der Waals surface area (Å²) in [6, 6.07) is 17.5. The molecule has 1 aliphatic heterocycles. The number of hydrogen-bond acceptors (Lipinski definition) is 7. The van der Waals surface area contributed by atoms with Gasteiger partial charge in [-0.25, -0.2) is 9.37 Å². The monoisotopic (exact) mass is 629 g/mol. The number of nitrogens with zero attached hydrogens (tertiary/aromatic N) is 3. The van der Waals surface area contributed by atoms with Crippen LogP contribution in [-0.4, -0.2) is 57.0 Å². The lowest BCUT2D eigenvalue weighted by molar-refractivity contribution is 0.0735. The van der Waals surface area contributed by atoms with Crippen LogP contribution in [0.2, 0.25) is 0 Å². The third-order valence-electron chi connectivity index (χ3n) is 8.05.